The van der Waals surface area contributed by atoms with E-state index < -0.39 is 5.60 Å². The van der Waals surface area contributed by atoms with Gasteiger partial charge in [-0.2, -0.15) is 0 Å². The first-order valence-electron chi connectivity index (χ1n) is 9.58. The number of hydrogen-bond donors (Lipinski definition) is 1. The number of hydrogen-bond acceptors (Lipinski definition) is 7. The zero-order chi connectivity index (χ0) is 21.1. The smallest absolute Gasteiger partial charge is 0.308 e. The van der Waals surface area contributed by atoms with E-state index in [4.69, 9.17) is 30.1 Å². The Morgan fingerprint density at radius 1 is 0.821 bits per heavy atom. The van der Waals surface area contributed by atoms with Gasteiger partial charge in [0.15, 0.2) is 0 Å². The van der Waals surface area contributed by atoms with Crippen LogP contribution < -0.4 is 5.32 Å². The zero-order valence-corrected chi connectivity index (χ0v) is 17.4. The van der Waals surface area contributed by atoms with Gasteiger partial charge >= 0.3 is 5.97 Å². The van der Waals surface area contributed by atoms with Gasteiger partial charge in [-0.1, -0.05) is 0 Å². The first kappa shape index (κ1) is 26.3. The van der Waals surface area contributed by atoms with Gasteiger partial charge in [0, 0.05) is 19.4 Å². The Balaban J connectivity index is 3.21. The fraction of sp³-hybridized carbons (Fsp3) is 0.800. The molecule has 0 fully saturated rings. The molecular formula is C20H35NO7. The van der Waals surface area contributed by atoms with Crippen LogP contribution >= 0.6 is 0 Å². The van der Waals surface area contributed by atoms with Crippen LogP contribution in [0.3, 0.4) is 0 Å². The summed E-state index contributed by atoms with van der Waals surface area (Å²) in [5.74, 6) is 2.08. The van der Waals surface area contributed by atoms with Gasteiger partial charge in [-0.05, 0) is 20.8 Å². The first-order chi connectivity index (χ1) is 13.3. The van der Waals surface area contributed by atoms with E-state index in [1.54, 1.807) is 0 Å². The standard InChI is InChI=1S/C20H35NO7/c1-5-6-7-18(22)21-9-11-25-13-15-27-17-16-26-14-12-24-10-8-19(23)28-20(2,3)4/h1H,6-17H2,2-4H3,(H,21,22). The fourth-order valence-corrected chi connectivity index (χ4v) is 1.85. The normalized spacial score (nSPS) is 11.1. The predicted octanol–water partition coefficient (Wildman–Crippen LogP) is 1.31. The molecule has 0 aliphatic heterocycles. The lowest BCUT2D eigenvalue weighted by Crippen LogP contribution is -2.27. The minimum Gasteiger partial charge on any atom is -0.460 e. The van der Waals surface area contributed by atoms with Crippen molar-refractivity contribution in [3.8, 4) is 12.3 Å². The van der Waals surface area contributed by atoms with Crippen molar-refractivity contribution in [1.29, 1.82) is 0 Å². The quantitative estimate of drug-likeness (QED) is 0.223. The molecule has 0 unspecified atom stereocenters. The minimum atomic E-state index is -0.469. The summed E-state index contributed by atoms with van der Waals surface area (Å²) in [7, 11) is 0. The summed E-state index contributed by atoms with van der Waals surface area (Å²) < 4.78 is 26.5. The van der Waals surface area contributed by atoms with Gasteiger partial charge in [-0.3, -0.25) is 9.59 Å². The van der Waals surface area contributed by atoms with Crippen LogP contribution in [-0.4, -0.2) is 76.9 Å². The molecule has 0 heterocycles. The van der Waals surface area contributed by atoms with Crippen molar-refractivity contribution in [2.75, 3.05) is 59.4 Å². The molecule has 0 spiro atoms. The van der Waals surface area contributed by atoms with E-state index in [0.717, 1.165) is 0 Å². The number of rotatable bonds is 17. The molecule has 28 heavy (non-hydrogen) atoms. The molecule has 0 atom stereocenters. The van der Waals surface area contributed by atoms with Crippen molar-refractivity contribution >= 4 is 11.9 Å². The molecule has 0 aliphatic carbocycles. The predicted molar refractivity (Wildman–Crippen MR) is 105 cm³/mol. The molecule has 1 amide bonds. The molecule has 162 valence electrons. The van der Waals surface area contributed by atoms with E-state index >= 15 is 0 Å². The van der Waals surface area contributed by atoms with E-state index in [2.05, 4.69) is 11.2 Å². The summed E-state index contributed by atoms with van der Waals surface area (Å²) in [6.07, 6.45) is 6.10. The molecular weight excluding hydrogens is 366 g/mol. The number of carbonyl (C=O) groups excluding carboxylic acids is 2. The monoisotopic (exact) mass is 401 g/mol. The maximum atomic E-state index is 11.5. The molecule has 0 aromatic heterocycles. The van der Waals surface area contributed by atoms with Gasteiger partial charge in [-0.15, -0.1) is 12.3 Å². The first-order valence-corrected chi connectivity index (χ1v) is 9.58. The Morgan fingerprint density at radius 2 is 1.32 bits per heavy atom. The van der Waals surface area contributed by atoms with Gasteiger partial charge in [0.25, 0.3) is 0 Å². The van der Waals surface area contributed by atoms with Crippen LogP contribution in [0, 0.1) is 12.3 Å². The van der Waals surface area contributed by atoms with Gasteiger partial charge in [0.1, 0.15) is 5.60 Å². The van der Waals surface area contributed by atoms with Crippen LogP contribution in [0.2, 0.25) is 0 Å². The van der Waals surface area contributed by atoms with Crippen molar-refractivity contribution < 1.29 is 33.3 Å². The Labute approximate surface area is 168 Å². The molecule has 0 saturated heterocycles. The SMILES string of the molecule is C#CCCC(=O)NCCOCCOCCOCCOCCC(=O)OC(C)(C)C. The highest BCUT2D eigenvalue weighted by atomic mass is 16.6. The number of esters is 1. The van der Waals surface area contributed by atoms with Crippen LogP contribution in [0.15, 0.2) is 0 Å². The van der Waals surface area contributed by atoms with E-state index in [-0.39, 0.29) is 18.3 Å². The minimum absolute atomic E-state index is 0.0660. The second-order valence-corrected chi connectivity index (χ2v) is 6.84. The third-order valence-corrected chi connectivity index (χ3v) is 3.05. The highest BCUT2D eigenvalue weighted by Crippen LogP contribution is 2.07. The van der Waals surface area contributed by atoms with Crippen LogP contribution in [0.4, 0.5) is 0 Å². The maximum absolute atomic E-state index is 11.5. The number of nitrogens with one attached hydrogen (secondary N) is 1. The molecule has 0 aromatic rings. The van der Waals surface area contributed by atoms with Gasteiger partial charge in [-0.25, -0.2) is 0 Å². The summed E-state index contributed by atoms with van der Waals surface area (Å²) in [5, 5.41) is 2.72. The molecule has 0 saturated carbocycles. The van der Waals surface area contributed by atoms with E-state index in [0.29, 0.717) is 72.2 Å². The maximum Gasteiger partial charge on any atom is 0.308 e. The molecule has 0 rings (SSSR count). The number of terminal acetylenes is 1. The Bertz CT molecular complexity index is 454. The van der Waals surface area contributed by atoms with Crippen LogP contribution in [-0.2, 0) is 33.3 Å². The summed E-state index contributed by atoms with van der Waals surface area (Å²) in [6, 6.07) is 0. The Kier molecular flexibility index (Phi) is 16.4. The Hall–Kier alpha value is -1.66. The van der Waals surface area contributed by atoms with Crippen LogP contribution in [0.5, 0.6) is 0 Å². The molecule has 0 radical (unpaired) electrons. The van der Waals surface area contributed by atoms with Crippen LogP contribution in [0.1, 0.15) is 40.0 Å². The molecule has 0 bridgehead atoms. The van der Waals surface area contributed by atoms with Gasteiger partial charge < -0.3 is 29.0 Å². The average molecular weight is 402 g/mol. The molecule has 8 heteroatoms. The van der Waals surface area contributed by atoms with Crippen molar-refractivity contribution in [2.24, 2.45) is 0 Å². The third-order valence-electron chi connectivity index (χ3n) is 3.05. The summed E-state index contributed by atoms with van der Waals surface area (Å²) >= 11 is 0. The summed E-state index contributed by atoms with van der Waals surface area (Å²) in [6.45, 7) is 9.39. The number of carbonyl (C=O) groups is 2. The lowest BCUT2D eigenvalue weighted by atomic mass is 10.2. The molecule has 0 aromatic carbocycles. The lowest BCUT2D eigenvalue weighted by Gasteiger charge is -2.19. The largest absolute Gasteiger partial charge is 0.460 e. The average Bonchev–Trinajstić information content (AvgIpc) is 2.61. The van der Waals surface area contributed by atoms with E-state index in [1.807, 2.05) is 20.8 Å². The summed E-state index contributed by atoms with van der Waals surface area (Å²) in [4.78, 5) is 22.7. The number of ether oxygens (including phenoxy) is 5. The third kappa shape index (κ3) is 20.6. The highest BCUT2D eigenvalue weighted by molar-refractivity contribution is 5.76. The van der Waals surface area contributed by atoms with Crippen molar-refractivity contribution in [2.45, 2.75) is 45.6 Å². The highest BCUT2D eigenvalue weighted by Gasteiger charge is 2.15. The Morgan fingerprint density at radius 3 is 1.82 bits per heavy atom. The summed E-state index contributed by atoms with van der Waals surface area (Å²) in [5.41, 5.74) is -0.469. The van der Waals surface area contributed by atoms with Crippen LogP contribution in [0.25, 0.3) is 0 Å². The fourth-order valence-electron chi connectivity index (χ4n) is 1.85. The second-order valence-electron chi connectivity index (χ2n) is 6.84. The van der Waals surface area contributed by atoms with Crippen molar-refractivity contribution in [3.63, 3.8) is 0 Å². The van der Waals surface area contributed by atoms with Crippen molar-refractivity contribution in [1.82, 2.24) is 5.32 Å². The topological polar surface area (TPSA) is 92.3 Å². The van der Waals surface area contributed by atoms with E-state index in [1.165, 1.54) is 0 Å². The van der Waals surface area contributed by atoms with Gasteiger partial charge in [0.05, 0.1) is 59.3 Å². The van der Waals surface area contributed by atoms with E-state index in [9.17, 15) is 9.59 Å². The van der Waals surface area contributed by atoms with Gasteiger partial charge in [0.2, 0.25) is 5.91 Å². The number of amides is 1. The molecule has 1 N–H and O–H groups in total. The zero-order valence-electron chi connectivity index (χ0n) is 17.4. The lowest BCUT2D eigenvalue weighted by molar-refractivity contribution is -0.156. The second kappa shape index (κ2) is 17.4. The molecule has 0 aliphatic rings. The molecule has 8 nitrogen and oxygen atoms in total. The van der Waals surface area contributed by atoms with Crippen molar-refractivity contribution in [3.05, 3.63) is 0 Å².